The van der Waals surface area contributed by atoms with Crippen molar-refractivity contribution in [2.24, 2.45) is 0 Å². The molecule has 0 nitrogen and oxygen atoms in total. The van der Waals surface area contributed by atoms with Crippen LogP contribution in [0.1, 0.15) is 67.2 Å². The Balaban J connectivity index is 0.00000105. The van der Waals surface area contributed by atoms with Crippen LogP contribution in [0, 0.1) is 126 Å². The van der Waals surface area contributed by atoms with Crippen LogP contribution >= 0.6 is 15.8 Å². The minimum absolute atomic E-state index is 0. The molecule has 0 unspecified atom stereocenters. The zero-order valence-corrected chi connectivity index (χ0v) is 29.6. The molecule has 0 heterocycles. The van der Waals surface area contributed by atoms with E-state index < -0.39 is 0 Å². The monoisotopic (exact) mass is 658 g/mol. The largest absolute Gasteiger partial charge is 2.00 e. The second-order valence-electron chi connectivity index (χ2n) is 10.1. The van der Waals surface area contributed by atoms with Crippen LogP contribution in [0.5, 0.6) is 0 Å². The fourth-order valence-corrected chi connectivity index (χ4v) is 10.8. The van der Waals surface area contributed by atoms with Crippen molar-refractivity contribution < 1.29 is 34.1 Å². The van der Waals surface area contributed by atoms with Crippen molar-refractivity contribution in [1.29, 1.82) is 0 Å². The summed E-state index contributed by atoms with van der Waals surface area (Å²) < 4.78 is 0. The predicted molar refractivity (Wildman–Crippen MR) is 175 cm³/mol. The first-order valence-corrected chi connectivity index (χ1v) is 18.5. The van der Waals surface area contributed by atoms with E-state index in [9.17, 15) is 0 Å². The summed E-state index contributed by atoms with van der Waals surface area (Å²) in [5.41, 5.74) is 1.43. The summed E-state index contributed by atoms with van der Waals surface area (Å²) in [6.07, 6.45) is 45.2. The van der Waals surface area contributed by atoms with Gasteiger partial charge in [-0.1, -0.05) is 67.2 Å². The minimum Gasteiger partial charge on any atom is -0.103 e. The molecule has 0 amide bonds. The molecule has 0 bridgehead atoms. The van der Waals surface area contributed by atoms with Crippen molar-refractivity contribution in [2.75, 3.05) is 24.6 Å². The van der Waals surface area contributed by atoms with Crippen LogP contribution in [0.3, 0.4) is 0 Å². The van der Waals surface area contributed by atoms with E-state index in [1.165, 1.54) is 62.2 Å². The molecule has 0 N–H and O–H groups in total. The van der Waals surface area contributed by atoms with Gasteiger partial charge in [-0.25, -0.2) is 0 Å². The van der Waals surface area contributed by atoms with Gasteiger partial charge in [-0.05, 0) is 162 Å². The fraction of sp³-hybridized carbons (Fsp3) is 0.444. The van der Waals surface area contributed by atoms with E-state index in [2.05, 4.69) is 80.1 Å². The molecule has 20 radical (unpaired) electrons. The predicted octanol–water partition coefficient (Wildman–Crippen LogP) is 9.96. The Bertz CT molecular complexity index is 476. The summed E-state index contributed by atoms with van der Waals surface area (Å²) >= 11 is 0. The van der Waals surface area contributed by atoms with Crippen LogP contribution in [0.4, 0.5) is 0 Å². The zero-order chi connectivity index (χ0) is 27.6. The van der Waals surface area contributed by atoms with Gasteiger partial charge in [0.15, 0.2) is 0 Å². The maximum atomic E-state index is 2.50. The Morgan fingerprint density at radius 3 is 0.900 bits per heavy atom. The van der Waals surface area contributed by atoms with Crippen molar-refractivity contribution in [3.05, 3.63) is 126 Å². The molecule has 2 atom stereocenters. The fourth-order valence-electron chi connectivity index (χ4n) is 5.27. The smallest absolute Gasteiger partial charge is 0.103 e. The van der Waals surface area contributed by atoms with Gasteiger partial charge in [0.05, 0.1) is 0 Å². The average Bonchev–Trinajstić information content (AvgIpc) is 3.75. The van der Waals surface area contributed by atoms with Crippen molar-refractivity contribution in [2.45, 2.75) is 78.5 Å². The van der Waals surface area contributed by atoms with Gasteiger partial charge in [-0.15, -0.1) is 15.8 Å². The molecule has 0 spiro atoms. The summed E-state index contributed by atoms with van der Waals surface area (Å²) in [7, 11) is 0.181. The molecule has 4 saturated carbocycles. The van der Waals surface area contributed by atoms with Crippen LogP contribution in [0.2, 0.25) is 0 Å². The second-order valence-corrected chi connectivity index (χ2v) is 15.8. The van der Waals surface area contributed by atoms with E-state index in [1.807, 2.05) is 64.2 Å². The van der Waals surface area contributed by atoms with Gasteiger partial charge in [0, 0.05) is 0 Å². The summed E-state index contributed by atoms with van der Waals surface area (Å²) in [6, 6.07) is 0. The molecule has 0 saturated heterocycles. The van der Waals surface area contributed by atoms with Gasteiger partial charge in [-0.2, -0.15) is 0 Å². The maximum Gasteiger partial charge on any atom is 2.00 e. The summed E-state index contributed by atoms with van der Waals surface area (Å²) in [4.78, 5) is 0. The molecular weight excluding hydrogens is 606 g/mol. The molecule has 0 aliphatic heterocycles. The molecule has 4 heteroatoms. The van der Waals surface area contributed by atoms with Gasteiger partial charge >= 0.3 is 34.1 Å². The van der Waals surface area contributed by atoms with Gasteiger partial charge in [0.25, 0.3) is 0 Å². The van der Waals surface area contributed by atoms with Gasteiger partial charge in [-0.3, -0.25) is 0 Å². The molecular formula is C36H52Fe2P2+4. The maximum absolute atomic E-state index is 2.50. The molecule has 0 aromatic rings. The third-order valence-electron chi connectivity index (χ3n) is 7.14. The van der Waals surface area contributed by atoms with Crippen molar-refractivity contribution in [3.63, 3.8) is 0 Å². The van der Waals surface area contributed by atoms with Gasteiger partial charge in [0.2, 0.25) is 0 Å². The Morgan fingerprint density at radius 1 is 0.425 bits per heavy atom. The minimum atomic E-state index is 0. The summed E-state index contributed by atoms with van der Waals surface area (Å²) in [6.45, 7) is 14.4. The second kappa shape index (κ2) is 26.1. The first-order chi connectivity index (χ1) is 18.6. The average molecular weight is 658 g/mol. The van der Waals surface area contributed by atoms with E-state index in [-0.39, 0.29) is 50.0 Å². The topological polar surface area (TPSA) is 0 Å². The first-order valence-electron chi connectivity index (χ1n) is 14.9. The van der Waals surface area contributed by atoms with Crippen LogP contribution in [-0.4, -0.2) is 36.0 Å². The molecule has 0 aromatic carbocycles. The standard InChI is InChI=1S/C26H42P2.2C5H5.2Fe/c1-7-17-27(18-8-2)21(5)23-13-11-15-25(23)26-16-12-14-24(26)22(6)28(19-9-3)20-10-4;2*1-2-4-5-3-1;;/h11-16,21-22H,7-10,17-20H2,1-6H3;2*1-5H;;/q;;;2*+2/t21-,22-;;;;/m1..../s1. The normalized spacial score (nSPS) is 21.9. The van der Waals surface area contributed by atoms with Crippen molar-refractivity contribution in [3.8, 4) is 0 Å². The quantitative estimate of drug-likeness (QED) is 0.137. The first kappa shape index (κ1) is 41.9. The molecule has 0 aromatic heterocycles. The molecule has 4 rings (SSSR count). The van der Waals surface area contributed by atoms with Crippen LogP contribution < -0.4 is 0 Å². The number of hydrogen-bond acceptors (Lipinski definition) is 0. The molecule has 40 heavy (non-hydrogen) atoms. The van der Waals surface area contributed by atoms with Crippen LogP contribution in [0.25, 0.3) is 0 Å². The molecule has 218 valence electrons. The summed E-state index contributed by atoms with van der Waals surface area (Å²) in [5, 5.41) is 0. The molecule has 4 aliphatic carbocycles. The Morgan fingerprint density at radius 2 is 0.675 bits per heavy atom. The van der Waals surface area contributed by atoms with E-state index in [4.69, 9.17) is 0 Å². The Labute approximate surface area is 278 Å². The van der Waals surface area contributed by atoms with Crippen molar-refractivity contribution in [1.82, 2.24) is 0 Å². The SMILES string of the molecule is CCCP(CCC)[C@H](C)[C]1[CH][CH][CH][C]1[C]1[CH][CH][CH][C]1[C@@H](C)P(CCC)CCC.[CH]1[CH][CH][CH][CH]1.[CH]1[CH][CH][CH][CH]1.[Fe+2].[Fe+2]. The van der Waals surface area contributed by atoms with Gasteiger partial charge in [0.1, 0.15) is 0 Å². The van der Waals surface area contributed by atoms with E-state index in [0.717, 1.165) is 0 Å². The van der Waals surface area contributed by atoms with Crippen LogP contribution in [-0.2, 0) is 34.1 Å². The third-order valence-corrected chi connectivity index (χ3v) is 14.0. The van der Waals surface area contributed by atoms with Gasteiger partial charge < -0.3 is 0 Å². The van der Waals surface area contributed by atoms with E-state index >= 15 is 0 Å². The van der Waals surface area contributed by atoms with Crippen molar-refractivity contribution >= 4 is 15.8 Å². The Kier molecular flexibility index (Phi) is 27.4. The molecule has 4 aliphatic rings. The zero-order valence-electron chi connectivity index (χ0n) is 25.7. The van der Waals surface area contributed by atoms with Crippen LogP contribution in [0.15, 0.2) is 0 Å². The number of rotatable bonds is 13. The molecule has 4 fully saturated rings. The van der Waals surface area contributed by atoms with E-state index in [1.54, 1.807) is 11.8 Å². The number of hydrogen-bond donors (Lipinski definition) is 0. The van der Waals surface area contributed by atoms with E-state index in [0.29, 0.717) is 11.3 Å². The third kappa shape index (κ3) is 14.8. The summed E-state index contributed by atoms with van der Waals surface area (Å²) in [5.74, 6) is 6.29. The Hall–Kier alpha value is 1.90.